The number of para-hydroxylation sites is 1. The summed E-state index contributed by atoms with van der Waals surface area (Å²) in [5, 5.41) is 9.89. The standard InChI is InChI=1S/C17H22N4O3/c1-10-5-4-6-11(2)15(10)24-9-14(22)19-13-7-8-23-16(13)17-18-12(3)20-21-17/h4-6,13,16H,7-9H2,1-3H3,(H,19,22)(H,18,20,21)/t13-,16+/m0/s1. The first-order valence-corrected chi connectivity index (χ1v) is 8.03. The molecule has 1 aromatic carbocycles. The number of carbonyl (C=O) groups excluding carboxylic acids is 1. The summed E-state index contributed by atoms with van der Waals surface area (Å²) in [7, 11) is 0. The van der Waals surface area contributed by atoms with Crippen LogP contribution >= 0.6 is 0 Å². The Hall–Kier alpha value is -2.41. The Bertz CT molecular complexity index is 708. The third-order valence-electron chi connectivity index (χ3n) is 4.06. The van der Waals surface area contributed by atoms with Crippen LogP contribution in [0, 0.1) is 20.8 Å². The second-order valence-corrected chi connectivity index (χ2v) is 6.04. The normalized spacial score (nSPS) is 20.1. The molecule has 128 valence electrons. The third-order valence-corrected chi connectivity index (χ3v) is 4.06. The van der Waals surface area contributed by atoms with Crippen LogP contribution in [0.25, 0.3) is 0 Å². The molecule has 1 amide bonds. The largest absolute Gasteiger partial charge is 0.483 e. The van der Waals surface area contributed by atoms with E-state index in [-0.39, 0.29) is 24.7 Å². The van der Waals surface area contributed by atoms with Crippen molar-refractivity contribution in [2.45, 2.75) is 39.3 Å². The van der Waals surface area contributed by atoms with E-state index in [0.717, 1.165) is 29.1 Å². The van der Waals surface area contributed by atoms with Gasteiger partial charge in [-0.25, -0.2) is 4.98 Å². The molecule has 24 heavy (non-hydrogen) atoms. The number of aromatic nitrogens is 3. The number of carbonyl (C=O) groups is 1. The molecule has 1 aliphatic heterocycles. The fourth-order valence-corrected chi connectivity index (χ4v) is 2.89. The highest BCUT2D eigenvalue weighted by Gasteiger charge is 2.33. The summed E-state index contributed by atoms with van der Waals surface area (Å²) in [6, 6.07) is 5.75. The molecule has 2 heterocycles. The number of amides is 1. The number of nitrogens with one attached hydrogen (secondary N) is 2. The maximum Gasteiger partial charge on any atom is 0.258 e. The van der Waals surface area contributed by atoms with Gasteiger partial charge in [-0.05, 0) is 38.3 Å². The van der Waals surface area contributed by atoms with E-state index in [1.54, 1.807) is 0 Å². The van der Waals surface area contributed by atoms with Crippen LogP contribution in [0.1, 0.15) is 35.3 Å². The van der Waals surface area contributed by atoms with E-state index < -0.39 is 0 Å². The van der Waals surface area contributed by atoms with Gasteiger partial charge in [0.05, 0.1) is 6.04 Å². The van der Waals surface area contributed by atoms with Crippen molar-refractivity contribution in [2.24, 2.45) is 0 Å². The first-order valence-electron chi connectivity index (χ1n) is 8.03. The van der Waals surface area contributed by atoms with Crippen molar-refractivity contribution < 1.29 is 14.3 Å². The van der Waals surface area contributed by atoms with Gasteiger partial charge in [0.25, 0.3) is 5.91 Å². The Labute approximate surface area is 140 Å². The minimum Gasteiger partial charge on any atom is -0.483 e. The van der Waals surface area contributed by atoms with E-state index in [1.165, 1.54) is 0 Å². The van der Waals surface area contributed by atoms with E-state index in [2.05, 4.69) is 20.5 Å². The molecular formula is C17H22N4O3. The fraction of sp³-hybridized carbons (Fsp3) is 0.471. The number of ether oxygens (including phenoxy) is 2. The van der Waals surface area contributed by atoms with Gasteiger partial charge in [0.1, 0.15) is 17.7 Å². The van der Waals surface area contributed by atoms with Gasteiger partial charge in [0.15, 0.2) is 12.4 Å². The lowest BCUT2D eigenvalue weighted by Crippen LogP contribution is -2.39. The summed E-state index contributed by atoms with van der Waals surface area (Å²) in [5.74, 6) is 1.89. The zero-order valence-corrected chi connectivity index (χ0v) is 14.1. The van der Waals surface area contributed by atoms with Crippen LogP contribution < -0.4 is 10.1 Å². The van der Waals surface area contributed by atoms with Crippen LogP contribution in [0.2, 0.25) is 0 Å². The summed E-state index contributed by atoms with van der Waals surface area (Å²) in [4.78, 5) is 16.5. The zero-order chi connectivity index (χ0) is 17.1. The molecule has 3 rings (SSSR count). The zero-order valence-electron chi connectivity index (χ0n) is 14.1. The molecule has 1 fully saturated rings. The molecule has 0 radical (unpaired) electrons. The fourth-order valence-electron chi connectivity index (χ4n) is 2.89. The minimum atomic E-state index is -0.320. The molecule has 0 bridgehead atoms. The van der Waals surface area contributed by atoms with Gasteiger partial charge in [0.2, 0.25) is 0 Å². The van der Waals surface area contributed by atoms with Crippen LogP contribution in [0.3, 0.4) is 0 Å². The SMILES string of the molecule is Cc1nc([C@@H]2OCC[C@@H]2NC(=O)COc2c(C)cccc2C)n[nH]1. The number of aromatic amines is 1. The van der Waals surface area contributed by atoms with Gasteiger partial charge in [-0.2, -0.15) is 5.10 Å². The molecule has 0 aliphatic carbocycles. The molecule has 2 atom stereocenters. The van der Waals surface area contributed by atoms with Crippen molar-refractivity contribution in [1.82, 2.24) is 20.5 Å². The highest BCUT2D eigenvalue weighted by atomic mass is 16.5. The number of hydrogen-bond acceptors (Lipinski definition) is 5. The van der Waals surface area contributed by atoms with Crippen LogP contribution in [0.4, 0.5) is 0 Å². The molecule has 0 unspecified atom stereocenters. The number of nitrogens with zero attached hydrogens (tertiary/aromatic N) is 2. The number of rotatable bonds is 5. The maximum atomic E-state index is 12.2. The Morgan fingerprint density at radius 3 is 2.79 bits per heavy atom. The molecule has 1 aromatic heterocycles. The van der Waals surface area contributed by atoms with Crippen LogP contribution in [0.5, 0.6) is 5.75 Å². The van der Waals surface area contributed by atoms with Crippen molar-refractivity contribution in [3.63, 3.8) is 0 Å². The molecule has 0 saturated carbocycles. The monoisotopic (exact) mass is 330 g/mol. The Balaban J connectivity index is 1.58. The Morgan fingerprint density at radius 2 is 2.12 bits per heavy atom. The van der Waals surface area contributed by atoms with Gasteiger partial charge < -0.3 is 14.8 Å². The number of H-pyrrole nitrogens is 1. The topological polar surface area (TPSA) is 89.1 Å². The average molecular weight is 330 g/mol. The maximum absolute atomic E-state index is 12.2. The lowest BCUT2D eigenvalue weighted by molar-refractivity contribution is -0.124. The van der Waals surface area contributed by atoms with Crippen molar-refractivity contribution in [1.29, 1.82) is 0 Å². The van der Waals surface area contributed by atoms with Crippen LogP contribution in [0.15, 0.2) is 18.2 Å². The molecular weight excluding hydrogens is 308 g/mol. The lowest BCUT2D eigenvalue weighted by Gasteiger charge is -2.18. The van der Waals surface area contributed by atoms with E-state index in [0.29, 0.717) is 12.4 Å². The van der Waals surface area contributed by atoms with Gasteiger partial charge in [-0.15, -0.1) is 0 Å². The smallest absolute Gasteiger partial charge is 0.258 e. The molecule has 2 aromatic rings. The quantitative estimate of drug-likeness (QED) is 0.872. The van der Waals surface area contributed by atoms with Gasteiger partial charge >= 0.3 is 0 Å². The summed E-state index contributed by atoms with van der Waals surface area (Å²) in [6.45, 7) is 6.31. The number of aryl methyl sites for hydroxylation is 3. The highest BCUT2D eigenvalue weighted by molar-refractivity contribution is 5.78. The Morgan fingerprint density at radius 1 is 1.38 bits per heavy atom. The van der Waals surface area contributed by atoms with Crippen molar-refractivity contribution in [3.05, 3.63) is 41.0 Å². The number of benzene rings is 1. The first-order chi connectivity index (χ1) is 11.5. The first kappa shape index (κ1) is 16.4. The molecule has 7 nitrogen and oxygen atoms in total. The van der Waals surface area contributed by atoms with E-state index >= 15 is 0 Å². The molecule has 1 aliphatic rings. The third kappa shape index (κ3) is 3.56. The second-order valence-electron chi connectivity index (χ2n) is 6.04. The minimum absolute atomic E-state index is 0.0259. The van der Waals surface area contributed by atoms with Gasteiger partial charge in [0, 0.05) is 6.61 Å². The average Bonchev–Trinajstić information content (AvgIpc) is 3.15. The van der Waals surface area contributed by atoms with Gasteiger partial charge in [-0.1, -0.05) is 18.2 Å². The summed E-state index contributed by atoms with van der Waals surface area (Å²) in [5.41, 5.74) is 2.03. The predicted molar refractivity (Wildman–Crippen MR) is 87.8 cm³/mol. The van der Waals surface area contributed by atoms with Gasteiger partial charge in [-0.3, -0.25) is 9.89 Å². The second kappa shape index (κ2) is 7.00. The Kier molecular flexibility index (Phi) is 4.80. The molecule has 0 spiro atoms. The van der Waals surface area contributed by atoms with E-state index in [4.69, 9.17) is 9.47 Å². The molecule has 1 saturated heterocycles. The summed E-state index contributed by atoms with van der Waals surface area (Å²) >= 11 is 0. The molecule has 2 N–H and O–H groups in total. The van der Waals surface area contributed by atoms with Crippen molar-refractivity contribution in [2.75, 3.05) is 13.2 Å². The van der Waals surface area contributed by atoms with E-state index in [1.807, 2.05) is 39.0 Å². The predicted octanol–water partition coefficient (Wildman–Crippen LogP) is 1.76. The summed E-state index contributed by atoms with van der Waals surface area (Å²) < 4.78 is 11.4. The van der Waals surface area contributed by atoms with Crippen LogP contribution in [-0.2, 0) is 9.53 Å². The highest BCUT2D eigenvalue weighted by Crippen LogP contribution is 2.27. The van der Waals surface area contributed by atoms with Crippen molar-refractivity contribution >= 4 is 5.91 Å². The number of hydrogen-bond donors (Lipinski definition) is 2. The molecule has 7 heteroatoms. The van der Waals surface area contributed by atoms with Crippen LogP contribution in [-0.4, -0.2) is 40.3 Å². The van der Waals surface area contributed by atoms with Crippen molar-refractivity contribution in [3.8, 4) is 5.75 Å². The van der Waals surface area contributed by atoms with E-state index in [9.17, 15) is 4.79 Å². The summed E-state index contributed by atoms with van der Waals surface area (Å²) in [6.07, 6.45) is 0.409. The lowest BCUT2D eigenvalue weighted by atomic mass is 10.1.